The minimum Gasteiger partial charge on any atom is -0.492 e. The monoisotopic (exact) mass is 420 g/mol. The first kappa shape index (κ1) is 20.7. The SMILES string of the molecule is CCN(CC)CCOc1ccccc1CNS(=O)(=O)c1cccc2nsnc12. The van der Waals surface area contributed by atoms with Crippen LogP contribution in [-0.4, -0.2) is 48.3 Å². The van der Waals surface area contributed by atoms with Gasteiger partial charge in [-0.2, -0.15) is 8.75 Å². The molecule has 0 radical (unpaired) electrons. The molecular formula is C19H24N4O3S2. The quantitative estimate of drug-likeness (QED) is 0.543. The van der Waals surface area contributed by atoms with Gasteiger partial charge >= 0.3 is 0 Å². The van der Waals surface area contributed by atoms with Crippen LogP contribution >= 0.6 is 11.7 Å². The molecule has 0 saturated carbocycles. The van der Waals surface area contributed by atoms with Crippen molar-refractivity contribution in [2.45, 2.75) is 25.3 Å². The first-order valence-electron chi connectivity index (χ1n) is 9.19. The predicted octanol–water partition coefficient (Wildman–Crippen LogP) is 2.89. The number of nitrogens with one attached hydrogen (secondary N) is 1. The lowest BCUT2D eigenvalue weighted by molar-refractivity contribution is 0.221. The van der Waals surface area contributed by atoms with Gasteiger partial charge in [-0.15, -0.1) is 0 Å². The predicted molar refractivity (Wildman–Crippen MR) is 111 cm³/mol. The number of ether oxygens (including phenoxy) is 1. The molecule has 0 amide bonds. The van der Waals surface area contributed by atoms with Gasteiger partial charge < -0.3 is 9.64 Å². The fourth-order valence-electron chi connectivity index (χ4n) is 2.86. The second-order valence-electron chi connectivity index (χ2n) is 6.20. The van der Waals surface area contributed by atoms with Gasteiger partial charge in [-0.25, -0.2) is 13.1 Å². The van der Waals surface area contributed by atoms with Crippen LogP contribution in [0.4, 0.5) is 0 Å². The molecule has 3 aromatic rings. The summed E-state index contributed by atoms with van der Waals surface area (Å²) in [5, 5.41) is 0. The molecule has 0 aliphatic carbocycles. The Labute approximate surface area is 169 Å². The van der Waals surface area contributed by atoms with Crippen molar-refractivity contribution in [1.82, 2.24) is 18.4 Å². The summed E-state index contributed by atoms with van der Waals surface area (Å²) in [6, 6.07) is 12.4. The first-order valence-corrected chi connectivity index (χ1v) is 11.4. The van der Waals surface area contributed by atoms with Crippen LogP contribution in [0, 0.1) is 0 Å². The smallest absolute Gasteiger partial charge is 0.243 e. The van der Waals surface area contributed by atoms with E-state index in [0.29, 0.717) is 23.4 Å². The summed E-state index contributed by atoms with van der Waals surface area (Å²) in [6.45, 7) is 7.69. The van der Waals surface area contributed by atoms with Crippen molar-refractivity contribution >= 4 is 32.8 Å². The molecule has 0 aliphatic rings. The Morgan fingerprint density at radius 1 is 1.07 bits per heavy atom. The standard InChI is InChI=1S/C19H24N4O3S2/c1-3-23(4-2)12-13-26-17-10-6-5-8-15(17)14-20-28(24,25)18-11-7-9-16-19(18)22-27-21-16/h5-11,20H,3-4,12-14H2,1-2H3. The summed E-state index contributed by atoms with van der Waals surface area (Å²) < 4.78 is 42.3. The van der Waals surface area contributed by atoms with Crippen LogP contribution < -0.4 is 9.46 Å². The van der Waals surface area contributed by atoms with Gasteiger partial charge in [0.15, 0.2) is 0 Å². The number of aromatic nitrogens is 2. The summed E-state index contributed by atoms with van der Waals surface area (Å²) in [5.74, 6) is 0.686. The fraction of sp³-hybridized carbons (Fsp3) is 0.368. The summed E-state index contributed by atoms with van der Waals surface area (Å²) in [6.07, 6.45) is 0. The van der Waals surface area contributed by atoms with E-state index >= 15 is 0 Å². The van der Waals surface area contributed by atoms with Crippen molar-refractivity contribution in [1.29, 1.82) is 0 Å². The van der Waals surface area contributed by atoms with E-state index in [1.54, 1.807) is 18.2 Å². The van der Waals surface area contributed by atoms with E-state index in [1.165, 1.54) is 0 Å². The lowest BCUT2D eigenvalue weighted by Gasteiger charge is -2.19. The molecule has 1 aromatic heterocycles. The third kappa shape index (κ3) is 4.85. The molecule has 7 nitrogen and oxygen atoms in total. The van der Waals surface area contributed by atoms with E-state index in [-0.39, 0.29) is 11.4 Å². The highest BCUT2D eigenvalue weighted by molar-refractivity contribution is 7.89. The van der Waals surface area contributed by atoms with E-state index < -0.39 is 10.0 Å². The van der Waals surface area contributed by atoms with Crippen LogP contribution in [0.1, 0.15) is 19.4 Å². The van der Waals surface area contributed by atoms with Crippen LogP contribution in [0.25, 0.3) is 11.0 Å². The van der Waals surface area contributed by atoms with Gasteiger partial charge in [-0.3, -0.25) is 0 Å². The number of para-hydroxylation sites is 1. The number of sulfonamides is 1. The van der Waals surface area contributed by atoms with Crippen LogP contribution in [0.2, 0.25) is 0 Å². The van der Waals surface area contributed by atoms with Gasteiger partial charge in [0.2, 0.25) is 10.0 Å². The molecule has 1 N–H and O–H groups in total. The molecule has 3 rings (SSSR count). The number of benzene rings is 2. The Hall–Kier alpha value is -2.07. The second-order valence-corrected chi connectivity index (χ2v) is 8.46. The molecule has 0 aliphatic heterocycles. The van der Waals surface area contributed by atoms with E-state index in [1.807, 2.05) is 24.3 Å². The van der Waals surface area contributed by atoms with E-state index in [0.717, 1.165) is 36.9 Å². The fourth-order valence-corrected chi connectivity index (χ4v) is 4.63. The number of nitrogens with zero attached hydrogens (tertiary/aromatic N) is 3. The lowest BCUT2D eigenvalue weighted by Crippen LogP contribution is -2.28. The Kier molecular flexibility index (Phi) is 6.95. The van der Waals surface area contributed by atoms with Crippen LogP contribution in [0.15, 0.2) is 47.4 Å². The zero-order valence-electron chi connectivity index (χ0n) is 16.0. The topological polar surface area (TPSA) is 84.4 Å². The van der Waals surface area contributed by atoms with Crippen molar-refractivity contribution in [2.75, 3.05) is 26.2 Å². The van der Waals surface area contributed by atoms with E-state index in [2.05, 4.69) is 32.2 Å². The zero-order chi connectivity index (χ0) is 20.0. The third-order valence-electron chi connectivity index (χ3n) is 4.52. The highest BCUT2D eigenvalue weighted by Crippen LogP contribution is 2.22. The molecular weight excluding hydrogens is 396 g/mol. The minimum atomic E-state index is -3.72. The molecule has 0 spiro atoms. The van der Waals surface area contributed by atoms with Gasteiger partial charge in [0, 0.05) is 18.7 Å². The molecule has 9 heteroatoms. The highest BCUT2D eigenvalue weighted by Gasteiger charge is 2.20. The Balaban J connectivity index is 1.70. The molecule has 2 aromatic carbocycles. The molecule has 0 unspecified atom stereocenters. The van der Waals surface area contributed by atoms with Gasteiger partial charge in [0.1, 0.15) is 28.3 Å². The molecule has 28 heavy (non-hydrogen) atoms. The van der Waals surface area contributed by atoms with E-state index in [9.17, 15) is 8.42 Å². The van der Waals surface area contributed by atoms with Gasteiger partial charge in [0.25, 0.3) is 0 Å². The van der Waals surface area contributed by atoms with E-state index in [4.69, 9.17) is 4.74 Å². The number of rotatable bonds is 10. The van der Waals surface area contributed by atoms with Gasteiger partial charge in [-0.1, -0.05) is 38.1 Å². The summed E-state index contributed by atoms with van der Waals surface area (Å²) in [4.78, 5) is 2.41. The van der Waals surface area contributed by atoms with Crippen LogP contribution in [0.5, 0.6) is 5.75 Å². The van der Waals surface area contributed by atoms with Crippen molar-refractivity contribution in [3.8, 4) is 5.75 Å². The lowest BCUT2D eigenvalue weighted by atomic mass is 10.2. The molecule has 0 atom stereocenters. The normalized spacial score (nSPS) is 12.0. The third-order valence-corrected chi connectivity index (χ3v) is 6.50. The van der Waals surface area contributed by atoms with Crippen molar-refractivity contribution in [2.24, 2.45) is 0 Å². The zero-order valence-corrected chi connectivity index (χ0v) is 17.6. The van der Waals surface area contributed by atoms with Crippen molar-refractivity contribution in [3.05, 3.63) is 48.0 Å². The van der Waals surface area contributed by atoms with Crippen LogP contribution in [-0.2, 0) is 16.6 Å². The van der Waals surface area contributed by atoms with Gasteiger partial charge in [0.05, 0.1) is 11.7 Å². The number of fused-ring (bicyclic) bond motifs is 1. The van der Waals surface area contributed by atoms with Crippen LogP contribution in [0.3, 0.4) is 0 Å². The largest absolute Gasteiger partial charge is 0.492 e. The Morgan fingerprint density at radius 3 is 2.64 bits per heavy atom. The molecule has 0 fully saturated rings. The summed E-state index contributed by atoms with van der Waals surface area (Å²) in [5.41, 5.74) is 1.76. The highest BCUT2D eigenvalue weighted by atomic mass is 32.2. The number of likely N-dealkylation sites (N-methyl/N-ethyl adjacent to an activating group) is 1. The first-order chi connectivity index (χ1) is 13.5. The average Bonchev–Trinajstić information content (AvgIpc) is 3.19. The van der Waals surface area contributed by atoms with Gasteiger partial charge in [-0.05, 0) is 31.3 Å². The molecule has 1 heterocycles. The average molecular weight is 421 g/mol. The maximum Gasteiger partial charge on any atom is 0.243 e. The Morgan fingerprint density at radius 2 is 1.86 bits per heavy atom. The summed E-state index contributed by atoms with van der Waals surface area (Å²) >= 11 is 0.999. The second kappa shape index (κ2) is 9.42. The summed E-state index contributed by atoms with van der Waals surface area (Å²) in [7, 11) is -3.72. The molecule has 0 bridgehead atoms. The van der Waals surface area contributed by atoms with Crippen molar-refractivity contribution in [3.63, 3.8) is 0 Å². The van der Waals surface area contributed by atoms with Crippen molar-refractivity contribution < 1.29 is 13.2 Å². The number of hydrogen-bond donors (Lipinski definition) is 1. The number of hydrogen-bond acceptors (Lipinski definition) is 7. The Bertz CT molecular complexity index is 1020. The molecule has 150 valence electrons. The maximum absolute atomic E-state index is 12.8. The minimum absolute atomic E-state index is 0.137. The molecule has 0 saturated heterocycles. The maximum atomic E-state index is 12.8.